The number of carbonyl (C=O) groups excluding carboxylic acids is 1. The summed E-state index contributed by atoms with van der Waals surface area (Å²) in [7, 11) is -3.92. The number of nitro benzene ring substituents is 1. The Morgan fingerprint density at radius 2 is 1.57 bits per heavy atom. The maximum absolute atomic E-state index is 12.9. The van der Waals surface area contributed by atoms with Gasteiger partial charge in [0.1, 0.15) is 0 Å². The Hall–Kier alpha value is -3.30. The molecule has 0 aliphatic carbocycles. The number of para-hydroxylation sites is 1. The lowest BCUT2D eigenvalue weighted by Gasteiger charge is -2.42. The molecule has 0 radical (unpaired) electrons. The van der Waals surface area contributed by atoms with Gasteiger partial charge in [-0.3, -0.25) is 15.0 Å². The summed E-state index contributed by atoms with van der Waals surface area (Å²) < 4.78 is 32.2. The number of nitro groups is 1. The van der Waals surface area contributed by atoms with Crippen LogP contribution in [0.1, 0.15) is 19.8 Å². The largest absolute Gasteiger partial charge is 0.473 e. The molecule has 194 valence electrons. The SMILES string of the molecule is CCOC(=O)N1CCC(N2CCN(S(=O)(=O)c3ccccc3[N+](=O)[O-])CC2)CC1.O=C(O)C(=O)O. The molecule has 2 aliphatic rings. The first kappa shape index (κ1) is 27.9. The van der Waals surface area contributed by atoms with Gasteiger partial charge >= 0.3 is 18.0 Å². The molecule has 2 fully saturated rings. The van der Waals surface area contributed by atoms with E-state index in [4.69, 9.17) is 24.5 Å². The normalized spacial score (nSPS) is 17.7. The summed E-state index contributed by atoms with van der Waals surface area (Å²) in [4.78, 5) is 44.2. The van der Waals surface area contributed by atoms with Gasteiger partial charge in [0.2, 0.25) is 10.0 Å². The number of sulfonamides is 1. The van der Waals surface area contributed by atoms with E-state index < -0.39 is 32.6 Å². The predicted molar refractivity (Wildman–Crippen MR) is 120 cm³/mol. The molecule has 2 aliphatic heterocycles. The molecule has 35 heavy (non-hydrogen) atoms. The minimum absolute atomic E-state index is 0.263. The third kappa shape index (κ3) is 7.34. The number of hydrogen-bond donors (Lipinski definition) is 2. The standard InChI is InChI=1S/C18H26N4O6S.C2H2O4/c1-2-28-18(23)20-9-7-15(8-10-20)19-11-13-21(14-12-19)29(26,27)17-6-4-3-5-16(17)22(24)25;3-1(4)2(5)6/h3-6,15H,2,7-14H2,1H3;(H,3,4)(H,5,6). The second-order valence-corrected chi connectivity index (χ2v) is 9.60. The summed E-state index contributed by atoms with van der Waals surface area (Å²) in [6.07, 6.45) is 1.34. The van der Waals surface area contributed by atoms with Crippen molar-refractivity contribution >= 4 is 33.7 Å². The Labute approximate surface area is 201 Å². The molecule has 15 heteroatoms. The number of amides is 1. The molecule has 2 heterocycles. The number of piperazine rings is 1. The number of ether oxygens (including phenoxy) is 1. The summed E-state index contributed by atoms with van der Waals surface area (Å²) in [5.74, 6) is -3.65. The monoisotopic (exact) mass is 516 g/mol. The van der Waals surface area contributed by atoms with E-state index in [0.717, 1.165) is 12.8 Å². The Balaban J connectivity index is 0.000000641. The molecule has 0 aromatic heterocycles. The van der Waals surface area contributed by atoms with E-state index in [9.17, 15) is 23.3 Å². The smallest absolute Gasteiger partial charge is 0.414 e. The summed E-state index contributed by atoms with van der Waals surface area (Å²) in [6.45, 7) is 5.07. The highest BCUT2D eigenvalue weighted by Crippen LogP contribution is 2.28. The van der Waals surface area contributed by atoms with Crippen LogP contribution in [0.2, 0.25) is 0 Å². The van der Waals surface area contributed by atoms with Gasteiger partial charge in [0.25, 0.3) is 5.69 Å². The molecule has 1 aromatic rings. The summed E-state index contributed by atoms with van der Waals surface area (Å²) in [6, 6.07) is 5.73. The van der Waals surface area contributed by atoms with Crippen molar-refractivity contribution in [2.45, 2.75) is 30.7 Å². The lowest BCUT2D eigenvalue weighted by atomic mass is 10.0. The van der Waals surface area contributed by atoms with E-state index in [1.807, 2.05) is 0 Å². The molecule has 0 bridgehead atoms. The number of carbonyl (C=O) groups is 3. The van der Waals surface area contributed by atoms with Gasteiger partial charge in [-0.25, -0.2) is 22.8 Å². The fourth-order valence-corrected chi connectivity index (χ4v) is 5.48. The zero-order chi connectivity index (χ0) is 26.2. The fraction of sp³-hybridized carbons (Fsp3) is 0.550. The number of piperidine rings is 1. The average molecular weight is 517 g/mol. The van der Waals surface area contributed by atoms with Crippen LogP contribution < -0.4 is 0 Å². The van der Waals surface area contributed by atoms with E-state index in [1.165, 1.54) is 28.6 Å². The van der Waals surface area contributed by atoms with Crippen LogP contribution in [0.5, 0.6) is 0 Å². The molecule has 3 rings (SSSR count). The van der Waals surface area contributed by atoms with E-state index in [0.29, 0.717) is 32.8 Å². The van der Waals surface area contributed by atoms with Crippen LogP contribution in [0.25, 0.3) is 0 Å². The van der Waals surface area contributed by atoms with Gasteiger partial charge in [0, 0.05) is 51.4 Å². The van der Waals surface area contributed by atoms with Crippen LogP contribution in [-0.2, 0) is 24.3 Å². The van der Waals surface area contributed by atoms with Gasteiger partial charge < -0.3 is 19.8 Å². The molecule has 0 unspecified atom stereocenters. The number of nitrogens with zero attached hydrogens (tertiary/aromatic N) is 4. The summed E-state index contributed by atoms with van der Waals surface area (Å²) >= 11 is 0. The average Bonchev–Trinajstić information content (AvgIpc) is 2.84. The van der Waals surface area contributed by atoms with Crippen molar-refractivity contribution < 1.29 is 42.7 Å². The lowest BCUT2D eigenvalue weighted by Crippen LogP contribution is -2.54. The van der Waals surface area contributed by atoms with E-state index in [1.54, 1.807) is 11.8 Å². The Kier molecular flexibility index (Phi) is 9.91. The number of rotatable bonds is 5. The molecule has 0 spiro atoms. The van der Waals surface area contributed by atoms with E-state index >= 15 is 0 Å². The molecule has 1 aromatic carbocycles. The third-order valence-corrected chi connectivity index (χ3v) is 7.59. The Bertz CT molecular complexity index is 1020. The lowest BCUT2D eigenvalue weighted by molar-refractivity contribution is -0.387. The number of aliphatic carboxylic acids is 2. The van der Waals surface area contributed by atoms with Gasteiger partial charge in [-0.15, -0.1) is 0 Å². The van der Waals surface area contributed by atoms with Crippen molar-refractivity contribution in [3.63, 3.8) is 0 Å². The quantitative estimate of drug-likeness (QED) is 0.318. The first-order chi connectivity index (χ1) is 16.5. The second-order valence-electron chi connectivity index (χ2n) is 7.69. The maximum Gasteiger partial charge on any atom is 0.414 e. The highest BCUT2D eigenvalue weighted by atomic mass is 32.2. The van der Waals surface area contributed by atoms with Gasteiger partial charge in [-0.1, -0.05) is 12.1 Å². The van der Waals surface area contributed by atoms with E-state index in [2.05, 4.69) is 4.90 Å². The van der Waals surface area contributed by atoms with Crippen molar-refractivity contribution in [2.75, 3.05) is 45.9 Å². The summed E-state index contributed by atoms with van der Waals surface area (Å²) in [5.41, 5.74) is -0.402. The number of carboxylic acids is 2. The number of hydrogen-bond acceptors (Lipinski definition) is 9. The summed E-state index contributed by atoms with van der Waals surface area (Å²) in [5, 5.41) is 26.0. The van der Waals surface area contributed by atoms with Gasteiger partial charge in [0.15, 0.2) is 4.90 Å². The van der Waals surface area contributed by atoms with Crippen molar-refractivity contribution in [1.82, 2.24) is 14.1 Å². The molecular formula is C20H28N4O10S. The molecule has 2 saturated heterocycles. The zero-order valence-corrected chi connectivity index (χ0v) is 19.9. The fourth-order valence-electron chi connectivity index (χ4n) is 3.90. The van der Waals surface area contributed by atoms with E-state index in [-0.39, 0.29) is 30.1 Å². The number of benzene rings is 1. The number of carboxylic acid groups (broad SMARTS) is 2. The minimum Gasteiger partial charge on any atom is -0.473 e. The van der Waals surface area contributed by atoms with Crippen LogP contribution in [0.15, 0.2) is 29.2 Å². The van der Waals surface area contributed by atoms with Gasteiger partial charge in [-0.05, 0) is 25.8 Å². The molecule has 2 N–H and O–H groups in total. The highest BCUT2D eigenvalue weighted by molar-refractivity contribution is 7.89. The minimum atomic E-state index is -3.92. The van der Waals surface area contributed by atoms with Crippen molar-refractivity contribution in [3.8, 4) is 0 Å². The van der Waals surface area contributed by atoms with Gasteiger partial charge in [0.05, 0.1) is 11.5 Å². The number of likely N-dealkylation sites (tertiary alicyclic amines) is 1. The molecule has 0 saturated carbocycles. The first-order valence-electron chi connectivity index (χ1n) is 10.8. The Morgan fingerprint density at radius 1 is 1.03 bits per heavy atom. The topological polar surface area (TPSA) is 188 Å². The van der Waals surface area contributed by atoms with Crippen LogP contribution in [0, 0.1) is 10.1 Å². The maximum atomic E-state index is 12.9. The third-order valence-electron chi connectivity index (χ3n) is 5.64. The van der Waals surface area contributed by atoms with Crippen molar-refractivity contribution in [2.24, 2.45) is 0 Å². The molecular weight excluding hydrogens is 488 g/mol. The molecule has 14 nitrogen and oxygen atoms in total. The second kappa shape index (κ2) is 12.4. The van der Waals surface area contributed by atoms with Crippen LogP contribution in [-0.4, -0.2) is 108 Å². The Morgan fingerprint density at radius 3 is 2.06 bits per heavy atom. The zero-order valence-electron chi connectivity index (χ0n) is 19.1. The van der Waals surface area contributed by atoms with Crippen LogP contribution in [0.3, 0.4) is 0 Å². The van der Waals surface area contributed by atoms with Crippen LogP contribution in [0.4, 0.5) is 10.5 Å². The molecule has 1 amide bonds. The highest BCUT2D eigenvalue weighted by Gasteiger charge is 2.36. The van der Waals surface area contributed by atoms with Crippen LogP contribution >= 0.6 is 0 Å². The van der Waals surface area contributed by atoms with Crippen molar-refractivity contribution in [3.05, 3.63) is 34.4 Å². The van der Waals surface area contributed by atoms with Crippen molar-refractivity contribution in [1.29, 1.82) is 0 Å². The van der Waals surface area contributed by atoms with Gasteiger partial charge in [-0.2, -0.15) is 4.31 Å². The predicted octanol–water partition coefficient (Wildman–Crippen LogP) is 0.678. The first-order valence-corrected chi connectivity index (χ1v) is 12.3. The molecule has 0 atom stereocenters.